The van der Waals surface area contributed by atoms with Crippen LogP contribution in [0.3, 0.4) is 0 Å². The number of hydrogen-bond donors (Lipinski definition) is 3. The Hall–Kier alpha value is -4.33. The number of nitrogens with zero attached hydrogens (tertiary/aromatic N) is 1. The Bertz CT molecular complexity index is 1420. The maximum atomic E-state index is 11.8. The number of urea groups is 1. The van der Waals surface area contributed by atoms with Gasteiger partial charge < -0.3 is 24.9 Å². The lowest BCUT2D eigenvalue weighted by atomic mass is 9.88. The van der Waals surface area contributed by atoms with Gasteiger partial charge in [0.25, 0.3) is 0 Å². The third-order valence-electron chi connectivity index (χ3n) is 6.15. The summed E-state index contributed by atoms with van der Waals surface area (Å²) in [6.07, 6.45) is 0.690. The van der Waals surface area contributed by atoms with E-state index in [4.69, 9.17) is 9.47 Å². The molecule has 5 rings (SSSR count). The zero-order valence-corrected chi connectivity index (χ0v) is 19.2. The van der Waals surface area contributed by atoms with E-state index in [1.54, 1.807) is 31.2 Å². The second-order valence-corrected chi connectivity index (χ2v) is 8.47. The molecule has 2 heterocycles. The second kappa shape index (κ2) is 9.50. The number of para-hydroxylation sites is 1. The zero-order chi connectivity index (χ0) is 24.4. The van der Waals surface area contributed by atoms with Crippen molar-refractivity contribution >= 4 is 39.5 Å². The predicted octanol–water partition coefficient (Wildman–Crippen LogP) is 5.10. The van der Waals surface area contributed by atoms with Crippen LogP contribution in [0.15, 0.2) is 71.7 Å². The first-order chi connectivity index (χ1) is 17.0. The van der Waals surface area contributed by atoms with Gasteiger partial charge in [-0.15, -0.1) is 0 Å². The number of nitrogens with one attached hydrogen (secondary N) is 2. The topological polar surface area (TPSA) is 113 Å². The fourth-order valence-corrected chi connectivity index (χ4v) is 4.51. The number of carboxylic acids is 1. The summed E-state index contributed by atoms with van der Waals surface area (Å²) in [5.41, 5.74) is 3.09. The molecule has 2 amide bonds. The highest BCUT2D eigenvalue weighted by Gasteiger charge is 2.36. The van der Waals surface area contributed by atoms with E-state index in [9.17, 15) is 14.7 Å². The molecule has 0 spiro atoms. The van der Waals surface area contributed by atoms with E-state index < -0.39 is 24.0 Å². The van der Waals surface area contributed by atoms with Crippen LogP contribution in [-0.2, 0) is 4.79 Å². The second-order valence-electron chi connectivity index (χ2n) is 8.47. The number of aromatic nitrogens is 1. The minimum Gasteiger partial charge on any atom is -0.493 e. The number of carbonyl (C=O) groups excluding carboxylic acids is 1. The van der Waals surface area contributed by atoms with Gasteiger partial charge in [0.05, 0.1) is 24.8 Å². The highest BCUT2D eigenvalue weighted by Crippen LogP contribution is 2.33. The van der Waals surface area contributed by atoms with Crippen molar-refractivity contribution in [3.05, 3.63) is 72.3 Å². The first kappa shape index (κ1) is 22.5. The number of ether oxygens (including phenoxy) is 2. The number of fused-ring (bicyclic) bond motifs is 3. The van der Waals surface area contributed by atoms with Crippen molar-refractivity contribution in [2.45, 2.75) is 19.4 Å². The Kier molecular flexibility index (Phi) is 6.10. The van der Waals surface area contributed by atoms with Gasteiger partial charge in [0.2, 0.25) is 0 Å². The molecule has 8 heteroatoms. The maximum Gasteiger partial charge on any atom is 0.341 e. The van der Waals surface area contributed by atoms with Gasteiger partial charge >= 0.3 is 12.0 Å². The summed E-state index contributed by atoms with van der Waals surface area (Å²) in [6, 6.07) is 20.0. The Morgan fingerprint density at radius 3 is 2.51 bits per heavy atom. The summed E-state index contributed by atoms with van der Waals surface area (Å²) in [5.74, 6) is -0.435. The third kappa shape index (κ3) is 4.55. The highest BCUT2D eigenvalue weighted by molar-refractivity contribution is 6.10. The molecule has 4 aromatic rings. The molecule has 178 valence electrons. The zero-order valence-electron chi connectivity index (χ0n) is 19.2. The molecule has 0 aliphatic carbocycles. The number of amides is 2. The number of aliphatic carboxylic acids is 1. The lowest BCUT2D eigenvalue weighted by molar-refractivity contribution is -0.140. The molecule has 3 aromatic carbocycles. The van der Waals surface area contributed by atoms with Crippen molar-refractivity contribution in [3.8, 4) is 11.5 Å². The molecule has 3 N–H and O–H groups in total. The quantitative estimate of drug-likeness (QED) is 0.310. The summed E-state index contributed by atoms with van der Waals surface area (Å²) in [6.45, 7) is 2.53. The molecule has 35 heavy (non-hydrogen) atoms. The van der Waals surface area contributed by atoms with Crippen LogP contribution in [0.2, 0.25) is 0 Å². The Labute approximate surface area is 201 Å². The Balaban J connectivity index is 1.17. The van der Waals surface area contributed by atoms with Crippen LogP contribution in [0, 0.1) is 5.92 Å². The first-order valence-corrected chi connectivity index (χ1v) is 11.4. The van der Waals surface area contributed by atoms with Crippen molar-refractivity contribution in [1.29, 1.82) is 0 Å². The molecule has 1 aliphatic heterocycles. The van der Waals surface area contributed by atoms with E-state index in [0.717, 1.165) is 27.6 Å². The van der Waals surface area contributed by atoms with E-state index >= 15 is 0 Å². The summed E-state index contributed by atoms with van der Waals surface area (Å²) < 4.78 is 11.9. The Morgan fingerprint density at radius 1 is 0.971 bits per heavy atom. The van der Waals surface area contributed by atoms with E-state index in [2.05, 4.69) is 27.4 Å². The molecule has 0 saturated heterocycles. The van der Waals surface area contributed by atoms with E-state index in [1.165, 1.54) is 0 Å². The molecule has 2 unspecified atom stereocenters. The van der Waals surface area contributed by atoms with E-state index in [1.807, 2.05) is 30.3 Å². The molecular formula is C27H25N3O5. The minimum absolute atomic E-state index is 0.287. The molecule has 0 saturated carbocycles. The van der Waals surface area contributed by atoms with Crippen LogP contribution in [0.1, 0.15) is 24.9 Å². The lowest BCUT2D eigenvalue weighted by Gasteiger charge is -2.28. The maximum absolute atomic E-state index is 11.8. The number of H-pyrrole nitrogens is 1. The van der Waals surface area contributed by atoms with Crippen LogP contribution in [0.5, 0.6) is 11.5 Å². The highest BCUT2D eigenvalue weighted by atomic mass is 16.5. The molecule has 8 nitrogen and oxygen atoms in total. The number of benzene rings is 3. The van der Waals surface area contributed by atoms with Crippen LogP contribution >= 0.6 is 0 Å². The van der Waals surface area contributed by atoms with E-state index in [-0.39, 0.29) is 5.71 Å². The molecule has 2 atom stereocenters. The summed E-state index contributed by atoms with van der Waals surface area (Å²) in [4.78, 5) is 30.6. The van der Waals surface area contributed by atoms with Gasteiger partial charge in [-0.2, -0.15) is 0 Å². The van der Waals surface area contributed by atoms with Crippen LogP contribution in [-0.4, -0.2) is 41.0 Å². The van der Waals surface area contributed by atoms with Crippen molar-refractivity contribution in [3.63, 3.8) is 0 Å². The number of aromatic amines is 1. The Morgan fingerprint density at radius 2 is 1.71 bits per heavy atom. The lowest BCUT2D eigenvalue weighted by Crippen LogP contribution is -2.43. The summed E-state index contributed by atoms with van der Waals surface area (Å²) >= 11 is 0. The summed E-state index contributed by atoms with van der Waals surface area (Å²) in [7, 11) is 0. The van der Waals surface area contributed by atoms with Crippen LogP contribution < -0.4 is 14.8 Å². The van der Waals surface area contributed by atoms with Gasteiger partial charge in [-0.25, -0.2) is 9.79 Å². The first-order valence-electron chi connectivity index (χ1n) is 11.4. The molecule has 1 aliphatic rings. The molecule has 0 fully saturated rings. The smallest absolute Gasteiger partial charge is 0.341 e. The third-order valence-corrected chi connectivity index (χ3v) is 6.15. The van der Waals surface area contributed by atoms with Gasteiger partial charge in [0.1, 0.15) is 17.4 Å². The fraction of sp³-hybridized carbons (Fsp3) is 0.222. The van der Waals surface area contributed by atoms with Crippen LogP contribution in [0.4, 0.5) is 4.79 Å². The molecule has 1 aromatic heterocycles. The van der Waals surface area contributed by atoms with Crippen molar-refractivity contribution in [2.24, 2.45) is 10.9 Å². The number of carbonyl (C=O) groups is 2. The fourth-order valence-electron chi connectivity index (χ4n) is 4.51. The number of aliphatic imine (C=N–C) groups is 1. The van der Waals surface area contributed by atoms with Gasteiger partial charge in [-0.1, -0.05) is 36.4 Å². The number of rotatable bonds is 8. The predicted molar refractivity (Wildman–Crippen MR) is 133 cm³/mol. The molecular weight excluding hydrogens is 446 g/mol. The van der Waals surface area contributed by atoms with Crippen molar-refractivity contribution in [2.75, 3.05) is 13.2 Å². The number of hydrogen-bond acceptors (Lipinski definition) is 4. The SMILES string of the molecule is CC1=NC(=O)NC(c2ccc(OCCCOc3cccc4[nH]c5ccccc5c34)cc2)C1C(=O)O. The standard InChI is InChI=1S/C27H25N3O5/c1-16-23(26(31)32)25(30-27(33)28-16)17-10-12-18(13-11-17)34-14-5-15-35-22-9-4-8-21-24(22)19-6-2-3-7-20(19)29-21/h2-4,6-13,23,25,29H,5,14-15H2,1H3,(H,30,33)(H,31,32). The van der Waals surface area contributed by atoms with Gasteiger partial charge in [0, 0.05) is 28.4 Å². The average molecular weight is 472 g/mol. The van der Waals surface area contributed by atoms with Gasteiger partial charge in [0.15, 0.2) is 0 Å². The number of carboxylic acid groups (broad SMARTS) is 1. The van der Waals surface area contributed by atoms with Gasteiger partial charge in [-0.05, 0) is 42.8 Å². The van der Waals surface area contributed by atoms with Crippen molar-refractivity contribution < 1.29 is 24.2 Å². The monoisotopic (exact) mass is 471 g/mol. The largest absolute Gasteiger partial charge is 0.493 e. The molecule has 0 radical (unpaired) electrons. The van der Waals surface area contributed by atoms with Gasteiger partial charge in [-0.3, -0.25) is 4.79 Å². The van der Waals surface area contributed by atoms with Crippen molar-refractivity contribution in [1.82, 2.24) is 10.3 Å². The normalized spacial score (nSPS) is 17.7. The molecule has 0 bridgehead atoms. The van der Waals surface area contributed by atoms with E-state index in [0.29, 0.717) is 30.9 Å². The average Bonchev–Trinajstić information content (AvgIpc) is 3.23. The summed E-state index contributed by atoms with van der Waals surface area (Å²) in [5, 5.41) is 14.4. The minimum atomic E-state index is -1.03. The van der Waals surface area contributed by atoms with Crippen LogP contribution in [0.25, 0.3) is 21.8 Å².